The zero-order chi connectivity index (χ0) is 9.42. The molecule has 0 radical (unpaired) electrons. The molecule has 2 fully saturated rings. The Labute approximate surface area is 76.5 Å². The second kappa shape index (κ2) is 3.10. The molecular weight excluding hydrogens is 170 g/mol. The molecule has 1 saturated heterocycles. The van der Waals surface area contributed by atoms with Gasteiger partial charge in [0.05, 0.1) is 11.8 Å². The largest absolute Gasteiger partial charge is 0.396 e. The summed E-state index contributed by atoms with van der Waals surface area (Å²) in [5, 5.41) is 8.60. The summed E-state index contributed by atoms with van der Waals surface area (Å²) >= 11 is 0. The Morgan fingerprint density at radius 3 is 2.15 bits per heavy atom. The number of hydrogen-bond donors (Lipinski definition) is 1. The topological polar surface area (TPSA) is 57.6 Å². The van der Waals surface area contributed by atoms with Crippen molar-refractivity contribution in [2.45, 2.75) is 19.3 Å². The fourth-order valence-electron chi connectivity index (χ4n) is 2.05. The van der Waals surface area contributed by atoms with E-state index in [1.54, 1.807) is 0 Å². The average molecular weight is 183 g/mol. The molecule has 2 aliphatic rings. The van der Waals surface area contributed by atoms with Crippen molar-refractivity contribution in [2.24, 2.45) is 11.8 Å². The maximum absolute atomic E-state index is 11.5. The van der Waals surface area contributed by atoms with E-state index < -0.39 is 0 Å². The van der Waals surface area contributed by atoms with Crippen LogP contribution >= 0.6 is 0 Å². The molecule has 2 atom stereocenters. The van der Waals surface area contributed by atoms with E-state index >= 15 is 0 Å². The maximum Gasteiger partial charge on any atom is 0.233 e. The van der Waals surface area contributed by atoms with Crippen molar-refractivity contribution in [3.63, 3.8) is 0 Å². The third-order valence-corrected chi connectivity index (χ3v) is 2.98. The molecule has 4 nitrogen and oxygen atoms in total. The minimum Gasteiger partial charge on any atom is -0.396 e. The Morgan fingerprint density at radius 2 is 1.77 bits per heavy atom. The lowest BCUT2D eigenvalue weighted by molar-refractivity contribution is -0.139. The van der Waals surface area contributed by atoms with Gasteiger partial charge in [-0.3, -0.25) is 14.5 Å². The van der Waals surface area contributed by atoms with Crippen LogP contribution in [0.1, 0.15) is 19.3 Å². The highest BCUT2D eigenvalue weighted by Crippen LogP contribution is 2.42. The van der Waals surface area contributed by atoms with Gasteiger partial charge in [0.2, 0.25) is 11.8 Å². The summed E-state index contributed by atoms with van der Waals surface area (Å²) in [6.45, 7) is 0.424. The number of nitrogens with zero attached hydrogens (tertiary/aromatic N) is 1. The van der Waals surface area contributed by atoms with E-state index in [9.17, 15) is 9.59 Å². The van der Waals surface area contributed by atoms with Gasteiger partial charge < -0.3 is 5.11 Å². The molecule has 1 saturated carbocycles. The molecule has 0 aromatic rings. The zero-order valence-electron chi connectivity index (χ0n) is 7.40. The Balaban J connectivity index is 2.02. The van der Waals surface area contributed by atoms with Crippen LogP contribution in [0.4, 0.5) is 0 Å². The molecule has 72 valence electrons. The van der Waals surface area contributed by atoms with Gasteiger partial charge in [0.25, 0.3) is 0 Å². The minimum absolute atomic E-state index is 0.0188. The number of fused-ring (bicyclic) bond motifs is 1. The van der Waals surface area contributed by atoms with E-state index in [0.29, 0.717) is 13.0 Å². The van der Waals surface area contributed by atoms with E-state index in [2.05, 4.69) is 0 Å². The Morgan fingerprint density at radius 1 is 1.23 bits per heavy atom. The van der Waals surface area contributed by atoms with Crippen molar-refractivity contribution in [1.29, 1.82) is 0 Å². The Kier molecular flexibility index (Phi) is 2.07. The summed E-state index contributed by atoms with van der Waals surface area (Å²) in [4.78, 5) is 24.3. The molecule has 4 heteroatoms. The summed E-state index contributed by atoms with van der Waals surface area (Å²) in [6.07, 6.45) is 2.23. The number of aliphatic hydroxyl groups is 1. The molecule has 2 rings (SSSR count). The number of likely N-dealkylation sites (tertiary alicyclic amines) is 1. The first-order chi connectivity index (χ1) is 6.25. The average Bonchev–Trinajstić information content (AvgIpc) is 2.16. The van der Waals surface area contributed by atoms with Gasteiger partial charge in [-0.25, -0.2) is 0 Å². The molecule has 2 amide bonds. The molecule has 0 aromatic heterocycles. The summed E-state index contributed by atoms with van der Waals surface area (Å²) in [7, 11) is 0. The van der Waals surface area contributed by atoms with Gasteiger partial charge in [-0.1, -0.05) is 0 Å². The normalized spacial score (nSPS) is 31.9. The zero-order valence-corrected chi connectivity index (χ0v) is 7.40. The van der Waals surface area contributed by atoms with E-state index in [-0.39, 0.29) is 30.3 Å². The van der Waals surface area contributed by atoms with Crippen LogP contribution in [0.15, 0.2) is 0 Å². The molecule has 1 heterocycles. The van der Waals surface area contributed by atoms with Crippen LogP contribution in [0, 0.1) is 11.8 Å². The van der Waals surface area contributed by atoms with Crippen molar-refractivity contribution >= 4 is 11.8 Å². The number of aliphatic hydroxyl groups excluding tert-OH is 1. The monoisotopic (exact) mass is 183 g/mol. The Hall–Kier alpha value is -0.900. The molecular formula is C9H13NO3. The van der Waals surface area contributed by atoms with Gasteiger partial charge in [-0.2, -0.15) is 0 Å². The minimum atomic E-state index is -0.0220. The molecule has 0 spiro atoms. The van der Waals surface area contributed by atoms with Gasteiger partial charge in [-0.05, 0) is 19.3 Å². The predicted molar refractivity (Wildman–Crippen MR) is 44.6 cm³/mol. The summed E-state index contributed by atoms with van der Waals surface area (Å²) < 4.78 is 0. The standard InChI is InChI=1S/C9H13NO3/c11-5-1-4-10-8(12)6-2-3-7(6)9(10)13/h6-7,11H,1-5H2. The van der Waals surface area contributed by atoms with E-state index in [1.165, 1.54) is 4.90 Å². The first-order valence-corrected chi connectivity index (χ1v) is 4.72. The SMILES string of the molecule is O=C1C2CCC2C(=O)N1CCCO. The van der Waals surface area contributed by atoms with Gasteiger partial charge in [0.15, 0.2) is 0 Å². The number of carbonyl (C=O) groups excluding carboxylic acids is 2. The fourth-order valence-corrected chi connectivity index (χ4v) is 2.05. The van der Waals surface area contributed by atoms with Crippen LogP contribution in [0.3, 0.4) is 0 Å². The lowest BCUT2D eigenvalue weighted by Crippen LogP contribution is -2.31. The number of amides is 2. The third-order valence-electron chi connectivity index (χ3n) is 2.98. The highest BCUT2D eigenvalue weighted by atomic mass is 16.3. The van der Waals surface area contributed by atoms with Gasteiger partial charge in [0.1, 0.15) is 0 Å². The lowest BCUT2D eigenvalue weighted by Gasteiger charge is -2.24. The van der Waals surface area contributed by atoms with Crippen LogP contribution in [0.5, 0.6) is 0 Å². The van der Waals surface area contributed by atoms with Crippen molar-refractivity contribution in [1.82, 2.24) is 4.90 Å². The molecule has 1 aliphatic carbocycles. The van der Waals surface area contributed by atoms with Gasteiger partial charge in [0, 0.05) is 13.2 Å². The maximum atomic E-state index is 11.5. The molecule has 0 bridgehead atoms. The highest BCUT2D eigenvalue weighted by Gasteiger charge is 2.52. The lowest BCUT2D eigenvalue weighted by atomic mass is 9.76. The molecule has 0 aromatic carbocycles. The number of hydrogen-bond acceptors (Lipinski definition) is 3. The second-order valence-electron chi connectivity index (χ2n) is 3.70. The molecule has 1 N–H and O–H groups in total. The number of rotatable bonds is 3. The van der Waals surface area contributed by atoms with E-state index in [4.69, 9.17) is 5.11 Å². The smallest absolute Gasteiger partial charge is 0.233 e. The van der Waals surface area contributed by atoms with Crippen LogP contribution in [0.2, 0.25) is 0 Å². The van der Waals surface area contributed by atoms with Crippen LogP contribution in [-0.2, 0) is 9.59 Å². The molecule has 1 aliphatic heterocycles. The highest BCUT2D eigenvalue weighted by molar-refractivity contribution is 6.06. The summed E-state index contributed by atoms with van der Waals surface area (Å²) in [5.74, 6) is -0.0817. The first-order valence-electron chi connectivity index (χ1n) is 4.72. The molecule has 2 unspecified atom stereocenters. The second-order valence-corrected chi connectivity index (χ2v) is 3.70. The van der Waals surface area contributed by atoms with Crippen LogP contribution in [0.25, 0.3) is 0 Å². The third kappa shape index (κ3) is 1.16. The predicted octanol–water partition coefficient (Wildman–Crippen LogP) is -0.236. The fraction of sp³-hybridized carbons (Fsp3) is 0.778. The van der Waals surface area contributed by atoms with Crippen molar-refractivity contribution < 1.29 is 14.7 Å². The van der Waals surface area contributed by atoms with Gasteiger partial charge >= 0.3 is 0 Å². The van der Waals surface area contributed by atoms with Crippen molar-refractivity contribution in [3.05, 3.63) is 0 Å². The van der Waals surface area contributed by atoms with Crippen LogP contribution in [-0.4, -0.2) is 35.0 Å². The van der Waals surface area contributed by atoms with Crippen molar-refractivity contribution in [2.75, 3.05) is 13.2 Å². The van der Waals surface area contributed by atoms with Crippen molar-refractivity contribution in [3.8, 4) is 0 Å². The number of imide groups is 1. The van der Waals surface area contributed by atoms with Gasteiger partial charge in [-0.15, -0.1) is 0 Å². The Bertz CT molecular complexity index is 229. The van der Waals surface area contributed by atoms with E-state index in [0.717, 1.165) is 12.8 Å². The number of carbonyl (C=O) groups is 2. The van der Waals surface area contributed by atoms with E-state index in [1.807, 2.05) is 0 Å². The molecule has 13 heavy (non-hydrogen) atoms. The quantitative estimate of drug-likeness (QED) is 0.614. The van der Waals surface area contributed by atoms with Crippen LogP contribution < -0.4 is 0 Å². The summed E-state index contributed by atoms with van der Waals surface area (Å²) in [6, 6.07) is 0. The first kappa shape index (κ1) is 8.69. The summed E-state index contributed by atoms with van der Waals surface area (Å²) in [5.41, 5.74) is 0.